The first-order chi connectivity index (χ1) is 13.2. The number of ether oxygens (including phenoxy) is 4. The van der Waals surface area contributed by atoms with Gasteiger partial charge in [-0.3, -0.25) is 4.99 Å². The van der Waals surface area contributed by atoms with Crippen molar-refractivity contribution in [1.29, 1.82) is 0 Å². The van der Waals surface area contributed by atoms with Crippen LogP contribution in [0.5, 0.6) is 11.5 Å². The molecule has 0 saturated carbocycles. The van der Waals surface area contributed by atoms with Crippen LogP contribution in [-0.2, 0) is 9.47 Å². The Kier molecular flexibility index (Phi) is 7.18. The van der Waals surface area contributed by atoms with E-state index in [2.05, 4.69) is 15.2 Å². The standard InChI is InChI=1S/C20H31N3O4/c1-15(27-18-8-5-4-7-16(18)24-3)13-22-20(21-2)23-10-12-26-19(14-23)17-9-6-11-25-17/h4-5,7-8,15,17,19H,6,9-14H2,1-3H3,(H,21,22). The lowest BCUT2D eigenvalue weighted by atomic mass is 10.1. The predicted molar refractivity (Wildman–Crippen MR) is 105 cm³/mol. The Hall–Kier alpha value is -1.99. The van der Waals surface area contributed by atoms with Crippen molar-refractivity contribution in [2.24, 2.45) is 4.99 Å². The second kappa shape index (κ2) is 9.80. The first-order valence-electron chi connectivity index (χ1n) is 9.69. The van der Waals surface area contributed by atoms with Gasteiger partial charge in [0.05, 0.1) is 26.4 Å². The molecule has 3 rings (SSSR count). The molecule has 0 aliphatic carbocycles. The third kappa shape index (κ3) is 5.26. The van der Waals surface area contributed by atoms with E-state index < -0.39 is 0 Å². The maximum atomic E-state index is 6.02. The van der Waals surface area contributed by atoms with Crippen LogP contribution in [0.4, 0.5) is 0 Å². The van der Waals surface area contributed by atoms with Crippen molar-refractivity contribution in [3.8, 4) is 11.5 Å². The third-order valence-electron chi connectivity index (χ3n) is 4.93. The molecule has 0 radical (unpaired) electrons. The molecule has 1 N–H and O–H groups in total. The van der Waals surface area contributed by atoms with Crippen molar-refractivity contribution < 1.29 is 18.9 Å². The fraction of sp³-hybridized carbons (Fsp3) is 0.650. The van der Waals surface area contributed by atoms with E-state index in [4.69, 9.17) is 18.9 Å². The lowest BCUT2D eigenvalue weighted by Crippen LogP contribution is -2.54. The minimum atomic E-state index is -0.0342. The van der Waals surface area contributed by atoms with Gasteiger partial charge in [0, 0.05) is 26.7 Å². The molecule has 2 heterocycles. The highest BCUT2D eigenvalue weighted by atomic mass is 16.5. The number of guanidine groups is 1. The van der Waals surface area contributed by atoms with Crippen LogP contribution in [0, 0.1) is 0 Å². The van der Waals surface area contributed by atoms with Crippen molar-refractivity contribution in [3.63, 3.8) is 0 Å². The van der Waals surface area contributed by atoms with Crippen LogP contribution in [0.3, 0.4) is 0 Å². The molecule has 1 aromatic carbocycles. The number of morpholine rings is 1. The summed E-state index contributed by atoms with van der Waals surface area (Å²) < 4.78 is 23.1. The molecule has 2 aliphatic heterocycles. The van der Waals surface area contributed by atoms with Gasteiger partial charge in [-0.15, -0.1) is 0 Å². The average molecular weight is 377 g/mol. The number of aliphatic imine (C=N–C) groups is 1. The van der Waals surface area contributed by atoms with Gasteiger partial charge < -0.3 is 29.2 Å². The Morgan fingerprint density at radius 1 is 1.26 bits per heavy atom. The van der Waals surface area contributed by atoms with Crippen LogP contribution in [0.2, 0.25) is 0 Å². The van der Waals surface area contributed by atoms with Crippen LogP contribution >= 0.6 is 0 Å². The van der Waals surface area contributed by atoms with Gasteiger partial charge in [0.25, 0.3) is 0 Å². The molecule has 0 aromatic heterocycles. The Labute approximate surface area is 161 Å². The number of benzene rings is 1. The van der Waals surface area contributed by atoms with Crippen molar-refractivity contribution in [1.82, 2.24) is 10.2 Å². The smallest absolute Gasteiger partial charge is 0.193 e. The number of methoxy groups -OCH3 is 1. The molecule has 1 aromatic rings. The lowest BCUT2D eigenvalue weighted by molar-refractivity contribution is -0.0817. The van der Waals surface area contributed by atoms with E-state index in [-0.39, 0.29) is 18.3 Å². The molecular weight excluding hydrogens is 346 g/mol. The number of rotatable bonds is 6. The molecule has 7 nitrogen and oxygen atoms in total. The third-order valence-corrected chi connectivity index (χ3v) is 4.93. The van der Waals surface area contributed by atoms with Gasteiger partial charge in [0.1, 0.15) is 12.2 Å². The number of nitrogens with one attached hydrogen (secondary N) is 1. The molecule has 27 heavy (non-hydrogen) atoms. The molecule has 150 valence electrons. The van der Waals surface area contributed by atoms with Crippen molar-refractivity contribution in [2.45, 2.75) is 38.1 Å². The average Bonchev–Trinajstić information content (AvgIpc) is 3.24. The van der Waals surface area contributed by atoms with Gasteiger partial charge >= 0.3 is 0 Å². The highest BCUT2D eigenvalue weighted by Gasteiger charge is 2.32. The zero-order chi connectivity index (χ0) is 19.1. The zero-order valence-electron chi connectivity index (χ0n) is 16.5. The van der Waals surface area contributed by atoms with E-state index in [1.165, 1.54) is 0 Å². The molecule has 2 aliphatic rings. The summed E-state index contributed by atoms with van der Waals surface area (Å²) in [5.41, 5.74) is 0. The molecule has 2 saturated heterocycles. The van der Waals surface area contributed by atoms with Crippen molar-refractivity contribution >= 4 is 5.96 Å². The number of para-hydroxylation sites is 2. The molecule has 2 fully saturated rings. The molecule has 3 atom stereocenters. The molecule has 0 bridgehead atoms. The Morgan fingerprint density at radius 2 is 2.04 bits per heavy atom. The highest BCUT2D eigenvalue weighted by Crippen LogP contribution is 2.26. The van der Waals surface area contributed by atoms with Gasteiger partial charge in [-0.05, 0) is 31.9 Å². The zero-order valence-corrected chi connectivity index (χ0v) is 16.5. The fourth-order valence-corrected chi connectivity index (χ4v) is 3.53. The van der Waals surface area contributed by atoms with Gasteiger partial charge in [-0.25, -0.2) is 0 Å². The van der Waals surface area contributed by atoms with Gasteiger partial charge in [0.2, 0.25) is 0 Å². The lowest BCUT2D eigenvalue weighted by Gasteiger charge is -2.37. The van der Waals surface area contributed by atoms with Gasteiger partial charge in [-0.1, -0.05) is 12.1 Å². The van der Waals surface area contributed by atoms with Crippen LogP contribution in [0.1, 0.15) is 19.8 Å². The normalized spacial score (nSPS) is 24.6. The predicted octanol–water partition coefficient (Wildman–Crippen LogP) is 1.92. The highest BCUT2D eigenvalue weighted by molar-refractivity contribution is 5.80. The largest absolute Gasteiger partial charge is 0.493 e. The number of hydrogen-bond donors (Lipinski definition) is 1. The molecule has 3 unspecified atom stereocenters. The van der Waals surface area contributed by atoms with Crippen LogP contribution in [-0.4, -0.2) is 76.2 Å². The van der Waals surface area contributed by atoms with Crippen molar-refractivity contribution in [2.75, 3.05) is 47.0 Å². The number of hydrogen-bond acceptors (Lipinski definition) is 5. The van der Waals surface area contributed by atoms with E-state index in [1.807, 2.05) is 38.2 Å². The van der Waals surface area contributed by atoms with Crippen LogP contribution in [0.25, 0.3) is 0 Å². The summed E-state index contributed by atoms with van der Waals surface area (Å²) in [4.78, 5) is 6.68. The van der Waals surface area contributed by atoms with E-state index in [9.17, 15) is 0 Å². The summed E-state index contributed by atoms with van der Waals surface area (Å²) in [5.74, 6) is 2.35. The summed E-state index contributed by atoms with van der Waals surface area (Å²) in [6, 6.07) is 7.68. The van der Waals surface area contributed by atoms with Gasteiger partial charge in [-0.2, -0.15) is 0 Å². The Morgan fingerprint density at radius 3 is 2.74 bits per heavy atom. The summed E-state index contributed by atoms with van der Waals surface area (Å²) in [6.45, 7) is 5.83. The van der Waals surface area contributed by atoms with Crippen LogP contribution in [0.15, 0.2) is 29.3 Å². The molecular formula is C20H31N3O4. The first-order valence-corrected chi connectivity index (χ1v) is 9.69. The van der Waals surface area contributed by atoms with Gasteiger partial charge in [0.15, 0.2) is 17.5 Å². The quantitative estimate of drug-likeness (QED) is 0.604. The number of nitrogens with zero attached hydrogens (tertiary/aromatic N) is 2. The minimum absolute atomic E-state index is 0.0342. The van der Waals surface area contributed by atoms with E-state index >= 15 is 0 Å². The molecule has 0 amide bonds. The maximum absolute atomic E-state index is 6.02. The van der Waals surface area contributed by atoms with E-state index in [0.29, 0.717) is 13.2 Å². The summed E-state index contributed by atoms with van der Waals surface area (Å²) in [6.07, 6.45) is 2.48. The molecule has 0 spiro atoms. The first kappa shape index (κ1) is 19.8. The van der Waals surface area contributed by atoms with Crippen molar-refractivity contribution in [3.05, 3.63) is 24.3 Å². The topological polar surface area (TPSA) is 64.6 Å². The summed E-state index contributed by atoms with van der Waals surface area (Å²) >= 11 is 0. The second-order valence-electron chi connectivity index (χ2n) is 6.91. The summed E-state index contributed by atoms with van der Waals surface area (Å²) in [5, 5.41) is 3.42. The fourth-order valence-electron chi connectivity index (χ4n) is 3.53. The Balaban J connectivity index is 1.50. The Bertz CT molecular complexity index is 619. The monoisotopic (exact) mass is 377 g/mol. The maximum Gasteiger partial charge on any atom is 0.193 e. The van der Waals surface area contributed by atoms with E-state index in [0.717, 1.165) is 50.0 Å². The second-order valence-corrected chi connectivity index (χ2v) is 6.91. The SMILES string of the molecule is CN=C(NCC(C)Oc1ccccc1OC)N1CCOC(C2CCCO2)C1. The molecule has 7 heteroatoms. The summed E-state index contributed by atoms with van der Waals surface area (Å²) in [7, 11) is 3.46. The van der Waals surface area contributed by atoms with E-state index in [1.54, 1.807) is 7.11 Å². The minimum Gasteiger partial charge on any atom is -0.493 e. The van der Waals surface area contributed by atoms with Crippen LogP contribution < -0.4 is 14.8 Å².